The molecular weight excluding hydrogens is 242 g/mol. The van der Waals surface area contributed by atoms with Crippen molar-refractivity contribution in [2.45, 2.75) is 13.8 Å². The summed E-state index contributed by atoms with van der Waals surface area (Å²) < 4.78 is 2.87. The van der Waals surface area contributed by atoms with E-state index in [0.29, 0.717) is 0 Å². The number of benzene rings is 1. The van der Waals surface area contributed by atoms with E-state index in [1.807, 2.05) is 23.7 Å². The topological polar surface area (TPSA) is 30.7 Å². The Kier molecular flexibility index (Phi) is 2.37. The zero-order valence-electron chi connectivity index (χ0n) is 8.03. The van der Waals surface area contributed by atoms with Crippen molar-refractivity contribution in [3.05, 3.63) is 40.4 Å². The first-order chi connectivity index (χ1) is 6.70. The maximum atomic E-state index is 4.18. The van der Waals surface area contributed by atoms with Gasteiger partial charge in [-0.25, -0.2) is 9.67 Å². The maximum absolute atomic E-state index is 4.18. The minimum atomic E-state index is 0.889. The Morgan fingerprint density at radius 3 is 2.64 bits per heavy atom. The molecule has 1 aromatic heterocycles. The number of para-hydroxylation sites is 1. The molecule has 14 heavy (non-hydrogen) atoms. The van der Waals surface area contributed by atoms with E-state index in [1.54, 1.807) is 6.33 Å². The molecule has 0 atom stereocenters. The van der Waals surface area contributed by atoms with Crippen molar-refractivity contribution in [1.29, 1.82) is 0 Å². The first-order valence-corrected chi connectivity index (χ1v) is 5.11. The lowest BCUT2D eigenvalue weighted by Crippen LogP contribution is -2.02. The van der Waals surface area contributed by atoms with Crippen LogP contribution in [0.2, 0.25) is 0 Å². The Hall–Kier alpha value is -1.16. The average molecular weight is 252 g/mol. The van der Waals surface area contributed by atoms with Gasteiger partial charge in [-0.1, -0.05) is 12.1 Å². The number of hydrogen-bond acceptors (Lipinski definition) is 2. The molecule has 0 saturated heterocycles. The Morgan fingerprint density at radius 2 is 2.07 bits per heavy atom. The second-order valence-corrected chi connectivity index (χ2v) is 3.98. The van der Waals surface area contributed by atoms with Crippen LogP contribution in [0.3, 0.4) is 0 Å². The minimum Gasteiger partial charge on any atom is -0.220 e. The largest absolute Gasteiger partial charge is 0.220 e. The Bertz CT molecular complexity index is 442. The summed E-state index contributed by atoms with van der Waals surface area (Å²) in [7, 11) is 0. The highest BCUT2D eigenvalue weighted by atomic mass is 79.9. The predicted octanol–water partition coefficient (Wildman–Crippen LogP) is 2.65. The quantitative estimate of drug-likeness (QED) is 0.781. The number of aryl methyl sites for hydroxylation is 2. The molecule has 0 fully saturated rings. The highest BCUT2D eigenvalue weighted by Crippen LogP contribution is 2.24. The van der Waals surface area contributed by atoms with Gasteiger partial charge in [0.25, 0.3) is 0 Å². The van der Waals surface area contributed by atoms with E-state index >= 15 is 0 Å². The monoisotopic (exact) mass is 251 g/mol. The van der Waals surface area contributed by atoms with Gasteiger partial charge in [-0.3, -0.25) is 0 Å². The average Bonchev–Trinajstić information content (AvgIpc) is 2.52. The molecule has 0 bridgehead atoms. The SMILES string of the molecule is Cc1cccc(Br)c1-n1ncnc1C. The van der Waals surface area contributed by atoms with E-state index in [9.17, 15) is 0 Å². The van der Waals surface area contributed by atoms with E-state index in [1.165, 1.54) is 5.56 Å². The van der Waals surface area contributed by atoms with Gasteiger partial charge in [-0.15, -0.1) is 0 Å². The number of aromatic nitrogens is 3. The van der Waals surface area contributed by atoms with Crippen LogP contribution in [0.4, 0.5) is 0 Å². The molecule has 0 radical (unpaired) electrons. The summed E-state index contributed by atoms with van der Waals surface area (Å²) in [5.74, 6) is 0.889. The molecule has 0 aliphatic rings. The number of hydrogen-bond donors (Lipinski definition) is 0. The smallest absolute Gasteiger partial charge is 0.138 e. The van der Waals surface area contributed by atoms with Crippen LogP contribution in [0, 0.1) is 13.8 Å². The summed E-state index contributed by atoms with van der Waals surface area (Å²) >= 11 is 3.51. The zero-order chi connectivity index (χ0) is 10.1. The van der Waals surface area contributed by atoms with Gasteiger partial charge in [0.1, 0.15) is 12.2 Å². The summed E-state index contributed by atoms with van der Waals surface area (Å²) in [5.41, 5.74) is 2.23. The van der Waals surface area contributed by atoms with Crippen LogP contribution in [0.15, 0.2) is 29.0 Å². The van der Waals surface area contributed by atoms with Crippen LogP contribution >= 0.6 is 15.9 Å². The molecule has 1 aromatic carbocycles. The Morgan fingerprint density at radius 1 is 1.29 bits per heavy atom. The molecule has 0 amide bonds. The van der Waals surface area contributed by atoms with Crippen molar-refractivity contribution >= 4 is 15.9 Å². The Balaban J connectivity index is 2.68. The van der Waals surface area contributed by atoms with Crippen molar-refractivity contribution < 1.29 is 0 Å². The summed E-state index contributed by atoms with van der Waals surface area (Å²) in [6, 6.07) is 6.07. The van der Waals surface area contributed by atoms with Crippen molar-refractivity contribution in [3.8, 4) is 5.69 Å². The third kappa shape index (κ3) is 1.46. The van der Waals surface area contributed by atoms with E-state index in [0.717, 1.165) is 16.0 Å². The fourth-order valence-electron chi connectivity index (χ4n) is 1.41. The highest BCUT2D eigenvalue weighted by molar-refractivity contribution is 9.10. The molecule has 2 rings (SSSR count). The molecule has 0 N–H and O–H groups in total. The molecule has 4 heteroatoms. The zero-order valence-corrected chi connectivity index (χ0v) is 9.62. The van der Waals surface area contributed by atoms with Crippen molar-refractivity contribution in [3.63, 3.8) is 0 Å². The third-order valence-corrected chi connectivity index (χ3v) is 2.76. The highest BCUT2D eigenvalue weighted by Gasteiger charge is 2.08. The van der Waals surface area contributed by atoms with Crippen molar-refractivity contribution in [1.82, 2.24) is 14.8 Å². The van der Waals surface area contributed by atoms with Crippen LogP contribution in [-0.4, -0.2) is 14.8 Å². The van der Waals surface area contributed by atoms with E-state index in [-0.39, 0.29) is 0 Å². The lowest BCUT2D eigenvalue weighted by Gasteiger charge is -2.08. The van der Waals surface area contributed by atoms with Crippen LogP contribution in [0.5, 0.6) is 0 Å². The number of halogens is 1. The van der Waals surface area contributed by atoms with Gasteiger partial charge in [0, 0.05) is 4.47 Å². The molecule has 3 nitrogen and oxygen atoms in total. The lowest BCUT2D eigenvalue weighted by molar-refractivity contribution is 0.830. The fourth-order valence-corrected chi connectivity index (χ4v) is 2.04. The first kappa shape index (κ1) is 9.40. The molecule has 72 valence electrons. The summed E-state index contributed by atoms with van der Waals surface area (Å²) in [6.45, 7) is 3.99. The van der Waals surface area contributed by atoms with Crippen molar-refractivity contribution in [2.24, 2.45) is 0 Å². The van der Waals surface area contributed by atoms with E-state index < -0.39 is 0 Å². The normalized spacial score (nSPS) is 10.5. The van der Waals surface area contributed by atoms with Crippen LogP contribution in [0.25, 0.3) is 5.69 Å². The van der Waals surface area contributed by atoms with Gasteiger partial charge in [0.2, 0.25) is 0 Å². The molecular formula is C10H10BrN3. The molecule has 0 aliphatic carbocycles. The molecule has 2 aromatic rings. The third-order valence-electron chi connectivity index (χ3n) is 2.12. The second-order valence-electron chi connectivity index (χ2n) is 3.12. The minimum absolute atomic E-state index is 0.889. The van der Waals surface area contributed by atoms with Gasteiger partial charge in [-0.05, 0) is 41.4 Å². The molecule has 1 heterocycles. The Labute approximate surface area is 90.9 Å². The van der Waals surface area contributed by atoms with Crippen LogP contribution < -0.4 is 0 Å². The van der Waals surface area contributed by atoms with Gasteiger partial charge < -0.3 is 0 Å². The van der Waals surface area contributed by atoms with Crippen LogP contribution in [-0.2, 0) is 0 Å². The van der Waals surface area contributed by atoms with Crippen LogP contribution in [0.1, 0.15) is 11.4 Å². The van der Waals surface area contributed by atoms with Crippen molar-refractivity contribution in [2.75, 3.05) is 0 Å². The van der Waals surface area contributed by atoms with Gasteiger partial charge in [0.15, 0.2) is 0 Å². The first-order valence-electron chi connectivity index (χ1n) is 4.32. The summed E-state index contributed by atoms with van der Waals surface area (Å²) in [4.78, 5) is 4.11. The molecule has 0 aliphatic heterocycles. The second kappa shape index (κ2) is 3.53. The molecule has 0 saturated carbocycles. The predicted molar refractivity (Wildman–Crippen MR) is 58.5 cm³/mol. The van der Waals surface area contributed by atoms with E-state index in [4.69, 9.17) is 0 Å². The summed E-state index contributed by atoms with van der Waals surface area (Å²) in [6.07, 6.45) is 1.56. The number of nitrogens with zero attached hydrogens (tertiary/aromatic N) is 3. The fraction of sp³-hybridized carbons (Fsp3) is 0.200. The molecule has 0 spiro atoms. The van der Waals surface area contributed by atoms with Gasteiger partial charge in [-0.2, -0.15) is 5.10 Å². The van der Waals surface area contributed by atoms with E-state index in [2.05, 4.69) is 39.0 Å². The molecule has 0 unspecified atom stereocenters. The van der Waals surface area contributed by atoms with Gasteiger partial charge >= 0.3 is 0 Å². The lowest BCUT2D eigenvalue weighted by atomic mass is 10.2. The number of rotatable bonds is 1. The standard InChI is InChI=1S/C10H10BrN3/c1-7-4-3-5-9(11)10(7)14-8(2)12-6-13-14/h3-6H,1-2H3. The van der Waals surface area contributed by atoms with Gasteiger partial charge in [0.05, 0.1) is 5.69 Å². The maximum Gasteiger partial charge on any atom is 0.138 e. The summed E-state index contributed by atoms with van der Waals surface area (Å²) in [5, 5.41) is 4.18.